The Labute approximate surface area is 239 Å². The third kappa shape index (κ3) is 6.35. The first-order chi connectivity index (χ1) is 16.2. The van der Waals surface area contributed by atoms with Crippen LogP contribution in [0.1, 0.15) is 54.0 Å². The number of allylic oxidation sites excluding steroid dienone is 4. The number of halogens is 2. The topological polar surface area (TPSA) is 12.0 Å². The second-order valence-electron chi connectivity index (χ2n) is 10.7. The van der Waals surface area contributed by atoms with Crippen molar-refractivity contribution in [3.05, 3.63) is 111 Å². The number of para-hydroxylation sites is 1. The average Bonchev–Trinajstić information content (AvgIpc) is 3.02. The van der Waals surface area contributed by atoms with Crippen molar-refractivity contribution in [1.29, 1.82) is 0 Å². The summed E-state index contributed by atoms with van der Waals surface area (Å²) in [4.78, 5) is 0. The van der Waals surface area contributed by atoms with Crippen molar-refractivity contribution in [2.75, 3.05) is 3.30 Å². The summed E-state index contributed by atoms with van der Waals surface area (Å²) < 4.78 is 6.17. The zero-order valence-electron chi connectivity index (χ0n) is 22.6. The second kappa shape index (κ2) is 12.9. The summed E-state index contributed by atoms with van der Waals surface area (Å²) in [6.07, 6.45) is 0. The minimum atomic E-state index is -2.67. The maximum Gasteiger partial charge on any atom is -0.147 e. The van der Waals surface area contributed by atoms with Gasteiger partial charge in [0.2, 0.25) is 0 Å². The van der Waals surface area contributed by atoms with Crippen molar-refractivity contribution in [2.24, 2.45) is 5.92 Å². The molecule has 0 aromatic heterocycles. The van der Waals surface area contributed by atoms with Crippen molar-refractivity contribution in [1.82, 2.24) is 0 Å². The number of hydrogen-bond donors (Lipinski definition) is 1. The van der Waals surface area contributed by atoms with Crippen LogP contribution in [-0.2, 0) is 26.3 Å². The molecule has 1 aliphatic carbocycles. The standard InChI is InChI=1S/C12H11Si.C10H14N.C9H13.2ClH.Hf/c1-3-7-11(8-4-1)13-12-9-5-2-6-10-12;1-10(2,3)8-6-4-5-7-9(8)11;1-6-5-7(2)9(4)8(6)3;;;/h1-10,13H;4-7,11H,1-3H3;6H,1-4H3;2*1H;/q;-1;;;;+1. The molecule has 36 heavy (non-hydrogen) atoms. The minimum absolute atomic E-state index is 0. The summed E-state index contributed by atoms with van der Waals surface area (Å²) in [5.74, 6) is -0.936. The van der Waals surface area contributed by atoms with E-state index in [4.69, 9.17) is 0 Å². The first-order valence-corrected chi connectivity index (χ1v) is 24.0. The predicted octanol–water partition coefficient (Wildman–Crippen LogP) is 7.57. The number of anilines is 1. The van der Waals surface area contributed by atoms with Crippen LogP contribution in [0.2, 0.25) is 0 Å². The van der Waals surface area contributed by atoms with Crippen molar-refractivity contribution in [3.63, 3.8) is 0 Å². The van der Waals surface area contributed by atoms with E-state index in [1.54, 1.807) is 24.8 Å². The molecule has 0 spiro atoms. The Bertz CT molecular complexity index is 1180. The maximum absolute atomic E-state index is 4.39. The molecule has 0 saturated heterocycles. The third-order valence-corrected chi connectivity index (χ3v) is 34.2. The van der Waals surface area contributed by atoms with Crippen LogP contribution in [0.4, 0.5) is 5.69 Å². The smallest absolute Gasteiger partial charge is 0.147 e. The normalized spacial score (nSPS) is 15.5. The summed E-state index contributed by atoms with van der Waals surface area (Å²) in [6, 6.07) is 31.9. The van der Waals surface area contributed by atoms with Gasteiger partial charge in [0.1, 0.15) is 0 Å². The molecule has 0 amide bonds. The summed E-state index contributed by atoms with van der Waals surface area (Å²) in [5, 5.41) is 3.15. The summed E-state index contributed by atoms with van der Waals surface area (Å²) in [5.41, 5.74) is 7.54. The maximum atomic E-state index is 4.39. The van der Waals surface area contributed by atoms with E-state index in [0.29, 0.717) is 5.92 Å². The molecule has 3 aromatic rings. The zero-order chi connectivity index (χ0) is 24.5. The monoisotopic (exact) mass is 704 g/mol. The molecule has 0 heterocycles. The minimum Gasteiger partial charge on any atom is -0.147 e. The molecule has 1 unspecified atom stereocenters. The van der Waals surface area contributed by atoms with Gasteiger partial charge < -0.3 is 0 Å². The molecular formula is C31H40Cl2HfNSi. The molecule has 0 fully saturated rings. The molecule has 4 rings (SSSR count). The van der Waals surface area contributed by atoms with Crippen LogP contribution in [0.3, 0.4) is 0 Å². The van der Waals surface area contributed by atoms with Gasteiger partial charge in [0.15, 0.2) is 0 Å². The van der Waals surface area contributed by atoms with Gasteiger partial charge in [0, 0.05) is 0 Å². The first-order valence-electron chi connectivity index (χ1n) is 12.4. The van der Waals surface area contributed by atoms with E-state index >= 15 is 0 Å². The van der Waals surface area contributed by atoms with Gasteiger partial charge in [-0.1, -0.05) is 0 Å². The molecule has 0 aliphatic heterocycles. The Morgan fingerprint density at radius 3 is 1.61 bits per heavy atom. The van der Waals surface area contributed by atoms with E-state index in [2.05, 4.69) is 137 Å². The van der Waals surface area contributed by atoms with Gasteiger partial charge in [-0.15, -0.1) is 24.8 Å². The fourth-order valence-corrected chi connectivity index (χ4v) is 36.2. The Kier molecular flexibility index (Phi) is 11.1. The predicted molar refractivity (Wildman–Crippen MR) is 163 cm³/mol. The molecule has 5 heteroatoms. The fourth-order valence-electron chi connectivity index (χ4n) is 5.30. The Morgan fingerprint density at radius 1 is 0.694 bits per heavy atom. The van der Waals surface area contributed by atoms with Crippen LogP contribution in [0.5, 0.6) is 0 Å². The SMILES string of the molecule is CC1=C(C)C(C)[C]([Hf]([NH]c2ccccc2C(C)(C)C)[SiH](c2ccccc2)c2ccccc2)=C1C.Cl.Cl. The van der Waals surface area contributed by atoms with Gasteiger partial charge >= 0.3 is 217 Å². The molecule has 0 bridgehead atoms. The average molecular weight is 704 g/mol. The molecular weight excluding hydrogens is 664 g/mol. The van der Waals surface area contributed by atoms with Crippen molar-refractivity contribution in [3.8, 4) is 0 Å². The van der Waals surface area contributed by atoms with E-state index in [1.165, 1.54) is 16.8 Å². The number of hydrogen-bond acceptors (Lipinski definition) is 1. The van der Waals surface area contributed by atoms with E-state index < -0.39 is 26.9 Å². The summed E-state index contributed by atoms with van der Waals surface area (Å²) in [6.45, 7) is 16.5. The fraction of sp³-hybridized carbons (Fsp3) is 0.290. The van der Waals surface area contributed by atoms with Crippen LogP contribution >= 0.6 is 24.8 Å². The van der Waals surface area contributed by atoms with Crippen LogP contribution in [0, 0.1) is 5.92 Å². The van der Waals surface area contributed by atoms with E-state index in [0.717, 1.165) is 0 Å². The third-order valence-electron chi connectivity index (χ3n) is 7.49. The van der Waals surface area contributed by atoms with Crippen molar-refractivity contribution >= 4 is 46.9 Å². The molecule has 3 aromatic carbocycles. The Hall–Kier alpha value is -1.39. The van der Waals surface area contributed by atoms with Gasteiger partial charge in [-0.3, -0.25) is 0 Å². The summed E-state index contributed by atoms with van der Waals surface area (Å²) in [7, 11) is 0. The van der Waals surface area contributed by atoms with Gasteiger partial charge in [-0.25, -0.2) is 0 Å². The number of benzene rings is 3. The van der Waals surface area contributed by atoms with Crippen molar-refractivity contribution in [2.45, 2.75) is 53.9 Å². The second-order valence-corrected chi connectivity index (χ2v) is 29.6. The van der Waals surface area contributed by atoms with E-state index in [-0.39, 0.29) is 30.2 Å². The molecule has 191 valence electrons. The Balaban J connectivity index is 0.00000228. The van der Waals surface area contributed by atoms with E-state index in [9.17, 15) is 0 Å². The van der Waals surface area contributed by atoms with Gasteiger partial charge in [-0.05, 0) is 0 Å². The van der Waals surface area contributed by atoms with E-state index in [1.807, 2.05) is 0 Å². The quantitative estimate of drug-likeness (QED) is 0.261. The number of nitrogens with one attached hydrogen (secondary N) is 1. The molecule has 1 aliphatic rings. The molecule has 1 N–H and O–H groups in total. The van der Waals surface area contributed by atoms with Crippen molar-refractivity contribution < 1.29 is 20.9 Å². The molecule has 1 nitrogen and oxygen atoms in total. The Morgan fingerprint density at radius 2 is 1.17 bits per heavy atom. The zero-order valence-corrected chi connectivity index (χ0v) is 28.9. The largest absolute Gasteiger partial charge is 0.147 e. The molecule has 0 saturated carbocycles. The van der Waals surface area contributed by atoms with Gasteiger partial charge in [0.25, 0.3) is 0 Å². The number of rotatable bonds is 6. The van der Waals surface area contributed by atoms with Crippen LogP contribution in [0.25, 0.3) is 0 Å². The van der Waals surface area contributed by atoms with Crippen LogP contribution in [0.15, 0.2) is 105 Å². The molecule has 1 atom stereocenters. The summed E-state index contributed by atoms with van der Waals surface area (Å²) >= 11 is -2.67. The van der Waals surface area contributed by atoms with Gasteiger partial charge in [-0.2, -0.15) is 0 Å². The van der Waals surface area contributed by atoms with Crippen LogP contribution in [-0.4, -0.2) is 5.98 Å². The van der Waals surface area contributed by atoms with Gasteiger partial charge in [0.05, 0.1) is 0 Å². The van der Waals surface area contributed by atoms with Crippen LogP contribution < -0.4 is 13.7 Å². The first kappa shape index (κ1) is 30.8. The molecule has 0 radical (unpaired) electrons.